The second kappa shape index (κ2) is 5.78. The molecule has 0 radical (unpaired) electrons. The highest BCUT2D eigenvalue weighted by atomic mass is 32.1. The fourth-order valence-corrected chi connectivity index (χ4v) is 2.17. The van der Waals surface area contributed by atoms with Gasteiger partial charge in [0.15, 0.2) is 6.29 Å². The molecule has 0 aliphatic carbocycles. The number of carbonyl (C=O) groups is 1. The van der Waals surface area contributed by atoms with Crippen molar-refractivity contribution in [1.82, 2.24) is 0 Å². The number of hydrogen-bond donors (Lipinski definition) is 1. The third-order valence-corrected chi connectivity index (χ3v) is 3.08. The van der Waals surface area contributed by atoms with Crippen molar-refractivity contribution in [1.29, 1.82) is 0 Å². The van der Waals surface area contributed by atoms with E-state index < -0.39 is 0 Å². The average molecular weight is 213 g/mol. The molecular formula is C10H15NO2S. The Hall–Kier alpha value is -0.870. The second-order valence-corrected chi connectivity index (χ2v) is 4.04. The molecule has 1 aromatic rings. The quantitative estimate of drug-likeness (QED) is 0.732. The van der Waals surface area contributed by atoms with Gasteiger partial charge in [0, 0.05) is 19.7 Å². The summed E-state index contributed by atoms with van der Waals surface area (Å²) in [5.74, 6) is 0. The molecule has 0 bridgehead atoms. The molecular weight excluding hydrogens is 198 g/mol. The fourth-order valence-electron chi connectivity index (χ4n) is 1.26. The maximum atomic E-state index is 10.5. The molecule has 0 unspecified atom stereocenters. The van der Waals surface area contributed by atoms with E-state index in [0.29, 0.717) is 0 Å². The summed E-state index contributed by atoms with van der Waals surface area (Å²) in [6.45, 7) is 4.02. The molecule has 0 aliphatic rings. The minimum Gasteiger partial charge on any atom is -0.396 e. The normalized spacial score (nSPS) is 10.1. The van der Waals surface area contributed by atoms with E-state index in [0.717, 1.165) is 35.7 Å². The minimum atomic E-state index is 0.211. The zero-order valence-electron chi connectivity index (χ0n) is 8.27. The zero-order valence-corrected chi connectivity index (χ0v) is 9.09. The Kier molecular flexibility index (Phi) is 4.62. The largest absolute Gasteiger partial charge is 0.396 e. The van der Waals surface area contributed by atoms with E-state index in [-0.39, 0.29) is 6.61 Å². The maximum Gasteiger partial charge on any atom is 0.160 e. The van der Waals surface area contributed by atoms with Gasteiger partial charge >= 0.3 is 0 Å². The number of thiophene rings is 1. The third kappa shape index (κ3) is 2.82. The Labute approximate surface area is 88.0 Å². The molecule has 0 fully saturated rings. The van der Waals surface area contributed by atoms with Crippen LogP contribution >= 0.6 is 11.3 Å². The van der Waals surface area contributed by atoms with E-state index in [1.54, 1.807) is 0 Å². The molecule has 0 aliphatic heterocycles. The van der Waals surface area contributed by atoms with Gasteiger partial charge in [0.2, 0.25) is 0 Å². The second-order valence-electron chi connectivity index (χ2n) is 2.95. The van der Waals surface area contributed by atoms with Gasteiger partial charge in [-0.1, -0.05) is 0 Å². The van der Waals surface area contributed by atoms with Crippen molar-refractivity contribution in [3.63, 3.8) is 0 Å². The number of hydrogen-bond acceptors (Lipinski definition) is 4. The lowest BCUT2D eigenvalue weighted by molar-refractivity contribution is 0.112. The molecule has 14 heavy (non-hydrogen) atoms. The van der Waals surface area contributed by atoms with Crippen LogP contribution in [-0.4, -0.2) is 31.1 Å². The van der Waals surface area contributed by atoms with E-state index in [9.17, 15) is 4.79 Å². The first-order valence-electron chi connectivity index (χ1n) is 4.72. The Morgan fingerprint density at radius 3 is 2.86 bits per heavy atom. The molecule has 1 rings (SSSR count). The lowest BCUT2D eigenvalue weighted by atomic mass is 10.4. The maximum absolute atomic E-state index is 10.5. The number of aliphatic hydroxyl groups excluding tert-OH is 1. The van der Waals surface area contributed by atoms with Gasteiger partial charge in [0.05, 0.1) is 9.88 Å². The molecule has 0 saturated carbocycles. The Morgan fingerprint density at radius 2 is 2.36 bits per heavy atom. The first-order chi connectivity index (χ1) is 6.81. The fraction of sp³-hybridized carbons (Fsp3) is 0.500. The standard InChI is InChI=1S/C10H15NO2S/c1-2-11(6-3-7-12)10-5-4-9(8-13)14-10/h4-5,8,12H,2-3,6-7H2,1H3. The lowest BCUT2D eigenvalue weighted by Crippen LogP contribution is -2.23. The van der Waals surface area contributed by atoms with Gasteiger partial charge in [-0.05, 0) is 25.5 Å². The zero-order chi connectivity index (χ0) is 10.4. The van der Waals surface area contributed by atoms with Crippen molar-refractivity contribution in [3.8, 4) is 0 Å². The van der Waals surface area contributed by atoms with Crippen LogP contribution in [0.1, 0.15) is 23.0 Å². The van der Waals surface area contributed by atoms with Crippen LogP contribution in [-0.2, 0) is 0 Å². The van der Waals surface area contributed by atoms with Crippen LogP contribution in [0.2, 0.25) is 0 Å². The first-order valence-corrected chi connectivity index (χ1v) is 5.54. The summed E-state index contributed by atoms with van der Waals surface area (Å²) in [6.07, 6.45) is 1.64. The van der Waals surface area contributed by atoms with Gasteiger partial charge in [-0.3, -0.25) is 4.79 Å². The number of carbonyl (C=O) groups excluding carboxylic acids is 1. The summed E-state index contributed by atoms with van der Waals surface area (Å²) in [6, 6.07) is 3.78. The van der Waals surface area contributed by atoms with Gasteiger partial charge < -0.3 is 10.0 Å². The number of aldehydes is 1. The van der Waals surface area contributed by atoms with Crippen molar-refractivity contribution in [2.75, 3.05) is 24.6 Å². The van der Waals surface area contributed by atoms with Crippen LogP contribution in [0.25, 0.3) is 0 Å². The molecule has 0 atom stereocenters. The first kappa shape index (κ1) is 11.2. The predicted octanol–water partition coefficient (Wildman–Crippen LogP) is 1.77. The summed E-state index contributed by atoms with van der Waals surface area (Å²) >= 11 is 1.49. The average Bonchev–Trinajstić information content (AvgIpc) is 2.68. The monoisotopic (exact) mass is 213 g/mol. The molecule has 0 saturated heterocycles. The van der Waals surface area contributed by atoms with E-state index in [1.165, 1.54) is 11.3 Å². The van der Waals surface area contributed by atoms with Gasteiger partial charge in [-0.25, -0.2) is 0 Å². The highest BCUT2D eigenvalue weighted by Crippen LogP contribution is 2.24. The smallest absolute Gasteiger partial charge is 0.160 e. The topological polar surface area (TPSA) is 40.5 Å². The highest BCUT2D eigenvalue weighted by Gasteiger charge is 2.06. The molecule has 1 N–H and O–H groups in total. The van der Waals surface area contributed by atoms with Crippen molar-refractivity contribution >= 4 is 22.6 Å². The van der Waals surface area contributed by atoms with Gasteiger partial charge in [0.25, 0.3) is 0 Å². The number of nitrogens with zero attached hydrogens (tertiary/aromatic N) is 1. The third-order valence-electron chi connectivity index (χ3n) is 2.01. The van der Waals surface area contributed by atoms with Gasteiger partial charge in [-0.2, -0.15) is 0 Å². The van der Waals surface area contributed by atoms with Crippen LogP contribution in [0.3, 0.4) is 0 Å². The molecule has 0 spiro atoms. The summed E-state index contributed by atoms with van der Waals surface area (Å²) < 4.78 is 0. The van der Waals surface area contributed by atoms with E-state index in [4.69, 9.17) is 5.11 Å². The Morgan fingerprint density at radius 1 is 1.57 bits per heavy atom. The SMILES string of the molecule is CCN(CCCO)c1ccc(C=O)s1. The van der Waals surface area contributed by atoms with E-state index in [2.05, 4.69) is 11.8 Å². The van der Waals surface area contributed by atoms with Crippen molar-refractivity contribution in [2.24, 2.45) is 0 Å². The Balaban J connectivity index is 2.63. The summed E-state index contributed by atoms with van der Waals surface area (Å²) in [5, 5.41) is 9.83. The van der Waals surface area contributed by atoms with Crippen LogP contribution in [0.5, 0.6) is 0 Å². The molecule has 78 valence electrons. The lowest BCUT2D eigenvalue weighted by Gasteiger charge is -2.20. The molecule has 1 heterocycles. The molecule has 0 aromatic carbocycles. The minimum absolute atomic E-state index is 0.211. The predicted molar refractivity (Wildman–Crippen MR) is 59.3 cm³/mol. The van der Waals surface area contributed by atoms with Crippen molar-refractivity contribution in [2.45, 2.75) is 13.3 Å². The molecule has 4 heteroatoms. The summed E-state index contributed by atoms with van der Waals surface area (Å²) in [5.41, 5.74) is 0. The molecule has 0 amide bonds. The van der Waals surface area contributed by atoms with E-state index >= 15 is 0 Å². The molecule has 3 nitrogen and oxygen atoms in total. The van der Waals surface area contributed by atoms with Crippen LogP contribution in [0, 0.1) is 0 Å². The van der Waals surface area contributed by atoms with Gasteiger partial charge in [0.1, 0.15) is 0 Å². The van der Waals surface area contributed by atoms with Crippen molar-refractivity contribution in [3.05, 3.63) is 17.0 Å². The number of rotatable bonds is 6. The van der Waals surface area contributed by atoms with Crippen LogP contribution < -0.4 is 4.90 Å². The molecule has 1 aromatic heterocycles. The number of aliphatic hydroxyl groups is 1. The highest BCUT2D eigenvalue weighted by molar-refractivity contribution is 7.17. The number of anilines is 1. The van der Waals surface area contributed by atoms with Crippen LogP contribution in [0.4, 0.5) is 5.00 Å². The van der Waals surface area contributed by atoms with Crippen LogP contribution in [0.15, 0.2) is 12.1 Å². The Bertz CT molecular complexity index is 285. The van der Waals surface area contributed by atoms with Gasteiger partial charge in [-0.15, -0.1) is 11.3 Å². The summed E-state index contributed by atoms with van der Waals surface area (Å²) in [7, 11) is 0. The van der Waals surface area contributed by atoms with E-state index in [1.807, 2.05) is 12.1 Å². The summed E-state index contributed by atoms with van der Waals surface area (Å²) in [4.78, 5) is 13.4. The van der Waals surface area contributed by atoms with Crippen molar-refractivity contribution < 1.29 is 9.90 Å².